The Morgan fingerprint density at radius 3 is 2.96 bits per heavy atom. The standard InChI is InChI=1S/C17H19N7O2/c1-22(11-14-20-21-15-16(25)19-7-9-24(14)15)17(26)12-4-8-23(10-12)13-2-5-18-6-3-13/h2-3,5-7,9,12H,4,8,10-11H2,1H3,(H,19,25). The fraction of sp³-hybridized carbons (Fsp3) is 0.353. The van der Waals surface area contributed by atoms with Crippen LogP contribution in [0.1, 0.15) is 12.2 Å². The third kappa shape index (κ3) is 2.92. The second-order valence-corrected chi connectivity index (χ2v) is 6.43. The molecule has 0 spiro atoms. The lowest BCUT2D eigenvalue weighted by Gasteiger charge is -2.21. The molecule has 4 heterocycles. The summed E-state index contributed by atoms with van der Waals surface area (Å²) in [7, 11) is 1.76. The summed E-state index contributed by atoms with van der Waals surface area (Å²) >= 11 is 0. The first-order chi connectivity index (χ1) is 12.6. The molecule has 9 heteroatoms. The third-order valence-electron chi connectivity index (χ3n) is 4.73. The van der Waals surface area contributed by atoms with Crippen LogP contribution in [-0.2, 0) is 11.3 Å². The van der Waals surface area contributed by atoms with Crippen molar-refractivity contribution in [2.24, 2.45) is 5.92 Å². The van der Waals surface area contributed by atoms with Gasteiger partial charge in [0.25, 0.3) is 5.56 Å². The first-order valence-corrected chi connectivity index (χ1v) is 8.45. The second-order valence-electron chi connectivity index (χ2n) is 6.43. The number of carbonyl (C=O) groups is 1. The maximum Gasteiger partial charge on any atom is 0.293 e. The number of nitrogens with one attached hydrogen (secondary N) is 1. The zero-order valence-electron chi connectivity index (χ0n) is 14.4. The number of fused-ring (bicyclic) bond motifs is 1. The van der Waals surface area contributed by atoms with Crippen molar-refractivity contribution >= 4 is 17.2 Å². The molecule has 9 nitrogen and oxygen atoms in total. The van der Waals surface area contributed by atoms with Gasteiger partial charge in [-0.2, -0.15) is 0 Å². The number of hydrogen-bond donors (Lipinski definition) is 1. The van der Waals surface area contributed by atoms with E-state index in [4.69, 9.17) is 0 Å². The van der Waals surface area contributed by atoms with Crippen molar-refractivity contribution in [1.29, 1.82) is 0 Å². The number of amides is 1. The van der Waals surface area contributed by atoms with E-state index in [-0.39, 0.29) is 23.0 Å². The Morgan fingerprint density at radius 2 is 2.15 bits per heavy atom. The number of carbonyl (C=O) groups excluding carboxylic acids is 1. The van der Waals surface area contributed by atoms with Gasteiger partial charge in [-0.1, -0.05) is 0 Å². The van der Waals surface area contributed by atoms with Crippen LogP contribution in [0, 0.1) is 5.92 Å². The molecular weight excluding hydrogens is 334 g/mol. The molecule has 0 aromatic carbocycles. The van der Waals surface area contributed by atoms with Gasteiger partial charge in [-0.3, -0.25) is 19.0 Å². The lowest BCUT2D eigenvalue weighted by Crippen LogP contribution is -2.34. The van der Waals surface area contributed by atoms with Crippen LogP contribution in [0.25, 0.3) is 5.65 Å². The number of H-pyrrole nitrogens is 1. The van der Waals surface area contributed by atoms with Crippen molar-refractivity contribution < 1.29 is 4.79 Å². The molecular formula is C17H19N7O2. The summed E-state index contributed by atoms with van der Waals surface area (Å²) in [6.45, 7) is 1.83. The van der Waals surface area contributed by atoms with Crippen LogP contribution < -0.4 is 10.5 Å². The summed E-state index contributed by atoms with van der Waals surface area (Å²) < 4.78 is 1.61. The zero-order chi connectivity index (χ0) is 18.1. The number of pyridine rings is 1. The van der Waals surface area contributed by atoms with Gasteiger partial charge in [0.2, 0.25) is 11.6 Å². The average molecular weight is 353 g/mol. The summed E-state index contributed by atoms with van der Waals surface area (Å²) in [6, 6.07) is 3.91. The van der Waals surface area contributed by atoms with Gasteiger partial charge in [0.1, 0.15) is 0 Å². The van der Waals surface area contributed by atoms with Crippen molar-refractivity contribution in [3.05, 3.63) is 53.1 Å². The molecule has 1 fully saturated rings. The number of aromatic amines is 1. The highest BCUT2D eigenvalue weighted by Gasteiger charge is 2.30. The number of hydrogen-bond acceptors (Lipinski definition) is 6. The molecule has 1 aliphatic heterocycles. The molecule has 26 heavy (non-hydrogen) atoms. The SMILES string of the molecule is CN(Cc1nnc2c(=O)[nH]ccn12)C(=O)C1CCN(c2ccncc2)C1. The molecule has 0 bridgehead atoms. The van der Waals surface area contributed by atoms with Crippen LogP contribution in [0.15, 0.2) is 41.7 Å². The van der Waals surface area contributed by atoms with Gasteiger partial charge in [-0.25, -0.2) is 0 Å². The Hall–Kier alpha value is -3.23. The first-order valence-electron chi connectivity index (χ1n) is 8.45. The molecule has 1 amide bonds. The van der Waals surface area contributed by atoms with Crippen LogP contribution in [0.2, 0.25) is 0 Å². The minimum Gasteiger partial charge on any atom is -0.371 e. The molecule has 1 atom stereocenters. The van der Waals surface area contributed by atoms with Gasteiger partial charge < -0.3 is 14.8 Å². The Morgan fingerprint density at radius 1 is 1.35 bits per heavy atom. The van der Waals surface area contributed by atoms with E-state index in [1.165, 1.54) is 6.20 Å². The van der Waals surface area contributed by atoms with E-state index in [2.05, 4.69) is 25.1 Å². The van der Waals surface area contributed by atoms with Gasteiger partial charge in [-0.15, -0.1) is 10.2 Å². The minimum absolute atomic E-state index is 0.0595. The van der Waals surface area contributed by atoms with E-state index in [0.29, 0.717) is 18.9 Å². The van der Waals surface area contributed by atoms with Crippen LogP contribution >= 0.6 is 0 Å². The maximum atomic E-state index is 12.8. The predicted molar refractivity (Wildman–Crippen MR) is 94.6 cm³/mol. The van der Waals surface area contributed by atoms with Gasteiger partial charge in [-0.05, 0) is 18.6 Å². The average Bonchev–Trinajstić information content (AvgIpc) is 3.30. The normalized spacial score (nSPS) is 17.0. The summed E-state index contributed by atoms with van der Waals surface area (Å²) in [6.07, 6.45) is 7.55. The highest BCUT2D eigenvalue weighted by molar-refractivity contribution is 5.80. The highest BCUT2D eigenvalue weighted by atomic mass is 16.2. The maximum absolute atomic E-state index is 12.8. The van der Waals surface area contributed by atoms with Crippen molar-refractivity contribution in [3.8, 4) is 0 Å². The minimum atomic E-state index is -0.302. The Labute approximate surface area is 149 Å². The summed E-state index contributed by atoms with van der Waals surface area (Å²) in [5, 5.41) is 7.95. The fourth-order valence-corrected chi connectivity index (χ4v) is 3.35. The summed E-state index contributed by atoms with van der Waals surface area (Å²) in [5.74, 6) is 0.574. The molecule has 3 aromatic rings. The molecule has 4 rings (SSSR count). The molecule has 3 aromatic heterocycles. The van der Waals surface area contributed by atoms with Crippen LogP contribution in [0.3, 0.4) is 0 Å². The Bertz CT molecular complexity index is 981. The monoisotopic (exact) mass is 353 g/mol. The van der Waals surface area contributed by atoms with E-state index >= 15 is 0 Å². The van der Waals surface area contributed by atoms with Gasteiger partial charge in [0.15, 0.2) is 5.82 Å². The van der Waals surface area contributed by atoms with Crippen molar-refractivity contribution in [1.82, 2.24) is 29.5 Å². The Balaban J connectivity index is 1.45. The fourth-order valence-electron chi connectivity index (χ4n) is 3.35. The van der Waals surface area contributed by atoms with Crippen molar-refractivity contribution in [2.75, 3.05) is 25.0 Å². The number of nitrogens with zero attached hydrogens (tertiary/aromatic N) is 6. The third-order valence-corrected chi connectivity index (χ3v) is 4.73. The predicted octanol–water partition coefficient (Wildman–Crippen LogP) is 0.298. The number of rotatable bonds is 4. The van der Waals surface area contributed by atoms with E-state index in [0.717, 1.165) is 18.7 Å². The lowest BCUT2D eigenvalue weighted by molar-refractivity contribution is -0.134. The Kier molecular flexibility index (Phi) is 4.11. The summed E-state index contributed by atoms with van der Waals surface area (Å²) in [4.78, 5) is 35.0. The first kappa shape index (κ1) is 16.2. The van der Waals surface area contributed by atoms with E-state index in [1.807, 2.05) is 12.1 Å². The quantitative estimate of drug-likeness (QED) is 0.724. The van der Waals surface area contributed by atoms with E-state index in [9.17, 15) is 9.59 Å². The molecule has 134 valence electrons. The van der Waals surface area contributed by atoms with Crippen LogP contribution in [0.5, 0.6) is 0 Å². The van der Waals surface area contributed by atoms with Crippen LogP contribution in [-0.4, -0.2) is 55.5 Å². The van der Waals surface area contributed by atoms with E-state index < -0.39 is 0 Å². The molecule has 1 saturated heterocycles. The number of anilines is 1. The topological polar surface area (TPSA) is 99.5 Å². The molecule has 0 saturated carbocycles. The lowest BCUT2D eigenvalue weighted by atomic mass is 10.1. The smallest absolute Gasteiger partial charge is 0.293 e. The molecule has 1 aliphatic rings. The molecule has 0 radical (unpaired) electrons. The second kappa shape index (κ2) is 6.58. The molecule has 1 unspecified atom stereocenters. The van der Waals surface area contributed by atoms with Gasteiger partial charge in [0, 0.05) is 50.6 Å². The molecule has 1 N–H and O–H groups in total. The van der Waals surface area contributed by atoms with Gasteiger partial charge in [0.05, 0.1) is 12.5 Å². The summed E-state index contributed by atoms with van der Waals surface area (Å²) in [5.41, 5.74) is 1.01. The van der Waals surface area contributed by atoms with E-state index in [1.54, 1.807) is 34.9 Å². The largest absolute Gasteiger partial charge is 0.371 e. The van der Waals surface area contributed by atoms with Crippen molar-refractivity contribution in [2.45, 2.75) is 13.0 Å². The zero-order valence-corrected chi connectivity index (χ0v) is 14.4. The number of aromatic nitrogens is 5. The molecule has 0 aliphatic carbocycles. The highest BCUT2D eigenvalue weighted by Crippen LogP contribution is 2.24. The van der Waals surface area contributed by atoms with Crippen molar-refractivity contribution in [3.63, 3.8) is 0 Å². The van der Waals surface area contributed by atoms with Crippen LogP contribution in [0.4, 0.5) is 5.69 Å². The van der Waals surface area contributed by atoms with Gasteiger partial charge >= 0.3 is 0 Å².